The fraction of sp³-hybridized carbons (Fsp3) is 0.474. The van der Waals surface area contributed by atoms with Crippen LogP contribution in [0.15, 0.2) is 35.6 Å². The molecule has 2 rings (SSSR count). The number of benzene rings is 1. The lowest BCUT2D eigenvalue weighted by atomic mass is 9.91. The second kappa shape index (κ2) is 8.16. The van der Waals surface area contributed by atoms with Crippen LogP contribution in [-0.2, 0) is 14.3 Å². The molecule has 1 aliphatic rings. The highest BCUT2D eigenvalue weighted by molar-refractivity contribution is 6.09. The molecule has 1 aromatic rings. The van der Waals surface area contributed by atoms with Crippen molar-refractivity contribution in [2.75, 3.05) is 26.9 Å². The standard InChI is InChI=1S/C19H25NO5/c1-5-25-14-8-6-13(7-9-14)16-15(17(21)12(2)3)18(22)19(23)20(16)10-11-24-4/h6-9,12,16,22H,5,10-11H2,1-4H3. The maximum Gasteiger partial charge on any atom is 0.290 e. The highest BCUT2D eigenvalue weighted by Crippen LogP contribution is 2.39. The molecule has 1 amide bonds. The van der Waals surface area contributed by atoms with Crippen LogP contribution >= 0.6 is 0 Å². The quantitative estimate of drug-likeness (QED) is 0.782. The van der Waals surface area contributed by atoms with E-state index in [4.69, 9.17) is 9.47 Å². The Labute approximate surface area is 148 Å². The largest absolute Gasteiger partial charge is 0.503 e. The molecule has 1 atom stereocenters. The molecule has 0 saturated heterocycles. The number of ketones is 1. The van der Waals surface area contributed by atoms with E-state index in [1.807, 2.05) is 19.1 Å². The molecule has 1 aromatic carbocycles. The molecule has 0 aliphatic carbocycles. The molecule has 136 valence electrons. The van der Waals surface area contributed by atoms with Gasteiger partial charge in [-0.3, -0.25) is 9.59 Å². The normalized spacial score (nSPS) is 17.6. The highest BCUT2D eigenvalue weighted by Gasteiger charge is 2.43. The van der Waals surface area contributed by atoms with E-state index in [9.17, 15) is 14.7 Å². The first-order chi connectivity index (χ1) is 11.9. The van der Waals surface area contributed by atoms with Crippen molar-refractivity contribution >= 4 is 11.7 Å². The van der Waals surface area contributed by atoms with E-state index in [0.29, 0.717) is 19.0 Å². The van der Waals surface area contributed by atoms with Gasteiger partial charge in [0, 0.05) is 19.6 Å². The van der Waals surface area contributed by atoms with E-state index in [1.54, 1.807) is 33.1 Å². The number of ether oxygens (including phenoxy) is 2. The van der Waals surface area contributed by atoms with Crippen LogP contribution < -0.4 is 4.74 Å². The van der Waals surface area contributed by atoms with Gasteiger partial charge in [0.25, 0.3) is 5.91 Å². The summed E-state index contributed by atoms with van der Waals surface area (Å²) in [6.07, 6.45) is 0. The SMILES string of the molecule is CCOc1ccc(C2C(C(=O)C(C)C)=C(O)C(=O)N2CCOC)cc1. The molecule has 0 spiro atoms. The van der Waals surface area contributed by atoms with E-state index in [2.05, 4.69) is 0 Å². The number of carbonyl (C=O) groups is 2. The lowest BCUT2D eigenvalue weighted by molar-refractivity contribution is -0.130. The minimum Gasteiger partial charge on any atom is -0.503 e. The summed E-state index contributed by atoms with van der Waals surface area (Å²) in [7, 11) is 1.54. The monoisotopic (exact) mass is 347 g/mol. The van der Waals surface area contributed by atoms with E-state index in [-0.39, 0.29) is 23.8 Å². The van der Waals surface area contributed by atoms with Gasteiger partial charge in [0.1, 0.15) is 5.75 Å². The number of carbonyl (C=O) groups excluding carboxylic acids is 2. The Morgan fingerprint density at radius 2 is 1.92 bits per heavy atom. The minimum atomic E-state index is -0.617. The van der Waals surface area contributed by atoms with Crippen molar-refractivity contribution in [2.45, 2.75) is 26.8 Å². The van der Waals surface area contributed by atoms with E-state index >= 15 is 0 Å². The maximum absolute atomic E-state index is 12.6. The zero-order valence-corrected chi connectivity index (χ0v) is 15.1. The topological polar surface area (TPSA) is 76.1 Å². The summed E-state index contributed by atoms with van der Waals surface area (Å²) in [5.74, 6) is -0.847. The van der Waals surface area contributed by atoms with Crippen molar-refractivity contribution in [2.24, 2.45) is 5.92 Å². The first-order valence-corrected chi connectivity index (χ1v) is 8.42. The van der Waals surface area contributed by atoms with Gasteiger partial charge in [-0.1, -0.05) is 26.0 Å². The Balaban J connectivity index is 2.45. The summed E-state index contributed by atoms with van der Waals surface area (Å²) < 4.78 is 10.5. The first kappa shape index (κ1) is 19.0. The molecule has 0 fully saturated rings. The Bertz CT molecular complexity index is 663. The van der Waals surface area contributed by atoms with Gasteiger partial charge in [-0.05, 0) is 24.6 Å². The van der Waals surface area contributed by atoms with Crippen LogP contribution in [0.25, 0.3) is 0 Å². The average molecular weight is 347 g/mol. The molecule has 6 heteroatoms. The van der Waals surface area contributed by atoms with Crippen molar-refractivity contribution in [3.8, 4) is 5.75 Å². The van der Waals surface area contributed by atoms with Crippen LogP contribution in [0.4, 0.5) is 0 Å². The van der Waals surface area contributed by atoms with Crippen LogP contribution in [-0.4, -0.2) is 48.6 Å². The summed E-state index contributed by atoms with van der Waals surface area (Å²) in [5, 5.41) is 10.3. The lowest BCUT2D eigenvalue weighted by Gasteiger charge is -2.27. The second-order valence-electron chi connectivity index (χ2n) is 6.18. The number of methoxy groups -OCH3 is 1. The zero-order chi connectivity index (χ0) is 18.6. The number of aliphatic hydroxyl groups excluding tert-OH is 1. The number of nitrogens with zero attached hydrogens (tertiary/aromatic N) is 1. The van der Waals surface area contributed by atoms with Crippen molar-refractivity contribution in [1.82, 2.24) is 4.90 Å². The predicted molar refractivity (Wildman–Crippen MR) is 93.4 cm³/mol. The molecule has 1 heterocycles. The van der Waals surface area contributed by atoms with Crippen LogP contribution in [0.2, 0.25) is 0 Å². The van der Waals surface area contributed by atoms with Gasteiger partial charge in [-0.2, -0.15) is 0 Å². The fourth-order valence-electron chi connectivity index (χ4n) is 2.90. The van der Waals surface area contributed by atoms with Crippen LogP contribution in [0.3, 0.4) is 0 Å². The Morgan fingerprint density at radius 1 is 1.28 bits per heavy atom. The van der Waals surface area contributed by atoms with Crippen LogP contribution in [0, 0.1) is 5.92 Å². The number of hydrogen-bond donors (Lipinski definition) is 1. The first-order valence-electron chi connectivity index (χ1n) is 8.42. The zero-order valence-electron chi connectivity index (χ0n) is 15.1. The number of hydrogen-bond acceptors (Lipinski definition) is 5. The van der Waals surface area contributed by atoms with Gasteiger partial charge in [0.2, 0.25) is 0 Å². The van der Waals surface area contributed by atoms with E-state index in [0.717, 1.165) is 5.56 Å². The molecule has 1 N–H and O–H groups in total. The van der Waals surface area contributed by atoms with Crippen LogP contribution in [0.5, 0.6) is 5.75 Å². The van der Waals surface area contributed by atoms with Gasteiger partial charge in [0.15, 0.2) is 11.5 Å². The van der Waals surface area contributed by atoms with Crippen molar-refractivity contribution in [1.29, 1.82) is 0 Å². The third-order valence-corrected chi connectivity index (χ3v) is 4.14. The number of Topliss-reactive ketones (excluding diaryl/α,β-unsaturated/α-hetero) is 1. The fourth-order valence-corrected chi connectivity index (χ4v) is 2.90. The Kier molecular flexibility index (Phi) is 6.20. The molecule has 0 saturated carbocycles. The molecule has 0 radical (unpaired) electrons. The van der Waals surface area contributed by atoms with Gasteiger partial charge in [-0.25, -0.2) is 0 Å². The molecule has 1 unspecified atom stereocenters. The molecule has 25 heavy (non-hydrogen) atoms. The van der Waals surface area contributed by atoms with Gasteiger partial charge < -0.3 is 19.5 Å². The summed E-state index contributed by atoms with van der Waals surface area (Å²) in [6.45, 7) is 6.55. The van der Waals surface area contributed by atoms with Crippen molar-refractivity contribution in [3.05, 3.63) is 41.2 Å². The number of aliphatic hydroxyl groups is 1. The summed E-state index contributed by atoms with van der Waals surface area (Å²) in [5.41, 5.74) is 0.904. The number of amides is 1. The summed E-state index contributed by atoms with van der Waals surface area (Å²) in [6, 6.07) is 6.60. The maximum atomic E-state index is 12.6. The van der Waals surface area contributed by atoms with Gasteiger partial charge in [0.05, 0.1) is 24.8 Å². The second-order valence-corrected chi connectivity index (χ2v) is 6.18. The van der Waals surface area contributed by atoms with Crippen LogP contribution in [0.1, 0.15) is 32.4 Å². The van der Waals surface area contributed by atoms with Crippen molar-refractivity contribution < 1.29 is 24.2 Å². The third-order valence-electron chi connectivity index (χ3n) is 4.14. The molecule has 1 aliphatic heterocycles. The summed E-state index contributed by atoms with van der Waals surface area (Å²) in [4.78, 5) is 26.6. The van der Waals surface area contributed by atoms with Gasteiger partial charge >= 0.3 is 0 Å². The van der Waals surface area contributed by atoms with Crippen molar-refractivity contribution in [3.63, 3.8) is 0 Å². The van der Waals surface area contributed by atoms with E-state index in [1.165, 1.54) is 4.90 Å². The number of rotatable bonds is 8. The highest BCUT2D eigenvalue weighted by atomic mass is 16.5. The molecule has 0 bridgehead atoms. The van der Waals surface area contributed by atoms with Gasteiger partial charge in [-0.15, -0.1) is 0 Å². The molecular formula is C19H25NO5. The predicted octanol–water partition coefficient (Wildman–Crippen LogP) is 2.65. The molecule has 6 nitrogen and oxygen atoms in total. The third kappa shape index (κ3) is 3.85. The Morgan fingerprint density at radius 3 is 2.44 bits per heavy atom. The Hall–Kier alpha value is -2.34. The lowest BCUT2D eigenvalue weighted by Crippen LogP contribution is -2.34. The summed E-state index contributed by atoms with van der Waals surface area (Å²) >= 11 is 0. The average Bonchev–Trinajstić information content (AvgIpc) is 2.84. The minimum absolute atomic E-state index is 0.153. The smallest absolute Gasteiger partial charge is 0.290 e. The van der Waals surface area contributed by atoms with E-state index < -0.39 is 17.7 Å². The molecular weight excluding hydrogens is 322 g/mol. The molecule has 0 aromatic heterocycles.